The number of aliphatic hydroxyl groups excluding tert-OH is 1. The van der Waals surface area contributed by atoms with E-state index in [-0.39, 0.29) is 13.0 Å². The Morgan fingerprint density at radius 2 is 2.24 bits per heavy atom. The average molecular weight is 252 g/mol. The minimum atomic E-state index is -4.72. The van der Waals surface area contributed by atoms with Crippen molar-refractivity contribution in [2.45, 2.75) is 25.2 Å². The summed E-state index contributed by atoms with van der Waals surface area (Å²) < 4.78 is 37.0. The Kier molecular flexibility index (Phi) is 4.44. The van der Waals surface area contributed by atoms with Crippen molar-refractivity contribution in [2.75, 3.05) is 6.54 Å². The van der Waals surface area contributed by atoms with E-state index >= 15 is 0 Å². The first-order valence-corrected chi connectivity index (χ1v) is 4.75. The molecule has 6 nitrogen and oxygen atoms in total. The average Bonchev–Trinajstić information content (AvgIpc) is 2.74. The Bertz CT molecular complexity index is 352. The van der Waals surface area contributed by atoms with Crippen molar-refractivity contribution in [3.63, 3.8) is 0 Å². The highest BCUT2D eigenvalue weighted by Crippen LogP contribution is 2.19. The lowest BCUT2D eigenvalue weighted by molar-refractivity contribution is -0.201. The van der Waals surface area contributed by atoms with Crippen molar-refractivity contribution in [3.8, 4) is 0 Å². The maximum Gasteiger partial charge on any atom is 0.416 e. The van der Waals surface area contributed by atoms with Crippen LogP contribution in [0.5, 0.6) is 0 Å². The van der Waals surface area contributed by atoms with Crippen LogP contribution >= 0.6 is 0 Å². The lowest BCUT2D eigenvalue weighted by atomic mass is 10.3. The molecule has 96 valence electrons. The number of amides is 1. The van der Waals surface area contributed by atoms with Gasteiger partial charge in [-0.05, 0) is 0 Å². The van der Waals surface area contributed by atoms with Crippen molar-refractivity contribution in [1.29, 1.82) is 0 Å². The molecule has 0 aliphatic rings. The summed E-state index contributed by atoms with van der Waals surface area (Å²) in [5, 5.41) is 17.7. The Morgan fingerprint density at radius 3 is 2.76 bits per heavy atom. The second kappa shape index (κ2) is 5.62. The number of rotatable bonds is 5. The molecule has 0 radical (unpaired) electrons. The van der Waals surface area contributed by atoms with Gasteiger partial charge in [-0.3, -0.25) is 9.48 Å². The third-order valence-electron chi connectivity index (χ3n) is 1.91. The van der Waals surface area contributed by atoms with Crippen LogP contribution in [0.15, 0.2) is 12.4 Å². The first-order valence-electron chi connectivity index (χ1n) is 4.75. The van der Waals surface area contributed by atoms with Gasteiger partial charge in [-0.15, -0.1) is 5.10 Å². The summed E-state index contributed by atoms with van der Waals surface area (Å²) in [4.78, 5) is 11.1. The second-order valence-corrected chi connectivity index (χ2v) is 3.28. The number of nitrogens with zero attached hydrogens (tertiary/aromatic N) is 3. The molecule has 1 atom stereocenters. The number of hydrogen-bond donors (Lipinski definition) is 2. The summed E-state index contributed by atoms with van der Waals surface area (Å²) >= 11 is 0. The van der Waals surface area contributed by atoms with Crippen LogP contribution in [0.25, 0.3) is 0 Å². The number of carbonyl (C=O) groups excluding carboxylic acids is 1. The molecule has 1 rings (SSSR count). The van der Waals surface area contributed by atoms with E-state index in [9.17, 15) is 18.0 Å². The highest BCUT2D eigenvalue weighted by molar-refractivity contribution is 5.75. The number of hydrogen-bond acceptors (Lipinski definition) is 4. The zero-order chi connectivity index (χ0) is 12.9. The predicted octanol–water partition coefficient (Wildman–Crippen LogP) is -0.292. The van der Waals surface area contributed by atoms with Crippen molar-refractivity contribution >= 4 is 5.91 Å². The zero-order valence-corrected chi connectivity index (χ0v) is 8.68. The molecule has 0 aliphatic carbocycles. The Morgan fingerprint density at radius 1 is 1.53 bits per heavy atom. The molecule has 1 aromatic heterocycles. The molecule has 0 bridgehead atoms. The Hall–Kier alpha value is -1.64. The van der Waals surface area contributed by atoms with E-state index in [2.05, 4.69) is 10.3 Å². The maximum absolute atomic E-state index is 11.9. The summed E-state index contributed by atoms with van der Waals surface area (Å²) in [6.45, 7) is -0.631. The molecule has 0 fully saturated rings. The second-order valence-electron chi connectivity index (χ2n) is 3.28. The molecule has 1 aromatic rings. The van der Waals surface area contributed by atoms with Crippen LogP contribution in [0.3, 0.4) is 0 Å². The molecule has 0 saturated heterocycles. The highest BCUT2D eigenvalue weighted by atomic mass is 19.4. The maximum atomic E-state index is 11.9. The smallest absolute Gasteiger partial charge is 0.382 e. The third-order valence-corrected chi connectivity index (χ3v) is 1.91. The number of carbonyl (C=O) groups is 1. The fourth-order valence-electron chi connectivity index (χ4n) is 0.983. The zero-order valence-electron chi connectivity index (χ0n) is 8.68. The standard InChI is InChI=1S/C8H11F3N4O2/c9-8(10,11)6(16)5-12-7(17)1-3-15-4-2-13-14-15/h2,4,6,16H,1,3,5H2,(H,12,17). The van der Waals surface area contributed by atoms with Crippen LogP contribution in [0.1, 0.15) is 6.42 Å². The lowest BCUT2D eigenvalue weighted by Gasteiger charge is -2.14. The van der Waals surface area contributed by atoms with Crippen molar-refractivity contribution in [3.05, 3.63) is 12.4 Å². The van der Waals surface area contributed by atoms with Gasteiger partial charge in [-0.2, -0.15) is 13.2 Å². The van der Waals surface area contributed by atoms with Crippen LogP contribution in [0, 0.1) is 0 Å². The summed E-state index contributed by atoms with van der Waals surface area (Å²) in [6.07, 6.45) is -4.35. The van der Waals surface area contributed by atoms with Crippen LogP contribution < -0.4 is 5.32 Å². The number of aliphatic hydroxyl groups is 1. The Labute approximate surface area is 94.4 Å². The highest BCUT2D eigenvalue weighted by Gasteiger charge is 2.38. The lowest BCUT2D eigenvalue weighted by Crippen LogP contribution is -2.40. The first-order chi connectivity index (χ1) is 7.89. The number of halogens is 3. The quantitative estimate of drug-likeness (QED) is 0.754. The molecule has 0 aromatic carbocycles. The largest absolute Gasteiger partial charge is 0.416 e. The van der Waals surface area contributed by atoms with E-state index in [0.717, 1.165) is 0 Å². The molecule has 1 amide bonds. The van der Waals surface area contributed by atoms with Gasteiger partial charge < -0.3 is 10.4 Å². The number of alkyl halides is 3. The monoisotopic (exact) mass is 252 g/mol. The van der Waals surface area contributed by atoms with Crippen LogP contribution in [0.2, 0.25) is 0 Å². The fraction of sp³-hybridized carbons (Fsp3) is 0.625. The molecule has 0 aliphatic heterocycles. The minimum Gasteiger partial charge on any atom is -0.382 e. The van der Waals surface area contributed by atoms with E-state index in [1.165, 1.54) is 17.1 Å². The molecule has 0 saturated carbocycles. The van der Waals surface area contributed by atoms with E-state index in [4.69, 9.17) is 5.11 Å². The third kappa shape index (κ3) is 4.81. The summed E-state index contributed by atoms with van der Waals surface area (Å²) in [5.41, 5.74) is 0. The van der Waals surface area contributed by atoms with Gasteiger partial charge in [-0.25, -0.2) is 0 Å². The minimum absolute atomic E-state index is 0.0338. The Balaban J connectivity index is 2.22. The van der Waals surface area contributed by atoms with Gasteiger partial charge in [0.1, 0.15) is 0 Å². The predicted molar refractivity (Wildman–Crippen MR) is 49.7 cm³/mol. The van der Waals surface area contributed by atoms with Gasteiger partial charge in [0.25, 0.3) is 0 Å². The normalized spacial score (nSPS) is 13.4. The van der Waals surface area contributed by atoms with Crippen LogP contribution in [-0.2, 0) is 11.3 Å². The first kappa shape index (κ1) is 13.4. The molecular formula is C8H11F3N4O2. The molecular weight excluding hydrogens is 241 g/mol. The van der Waals surface area contributed by atoms with E-state index in [1.54, 1.807) is 0 Å². The van der Waals surface area contributed by atoms with Gasteiger partial charge in [0.2, 0.25) is 5.91 Å². The van der Waals surface area contributed by atoms with Gasteiger partial charge in [0.05, 0.1) is 19.3 Å². The van der Waals surface area contributed by atoms with Gasteiger partial charge >= 0.3 is 6.18 Å². The molecule has 0 spiro atoms. The van der Waals surface area contributed by atoms with Crippen LogP contribution in [-0.4, -0.2) is 44.8 Å². The summed E-state index contributed by atoms with van der Waals surface area (Å²) in [6, 6.07) is 0. The topological polar surface area (TPSA) is 80.0 Å². The number of nitrogens with one attached hydrogen (secondary N) is 1. The van der Waals surface area contributed by atoms with Crippen molar-refractivity contribution in [2.24, 2.45) is 0 Å². The van der Waals surface area contributed by atoms with Gasteiger partial charge in [-0.1, -0.05) is 5.21 Å². The van der Waals surface area contributed by atoms with Gasteiger partial charge in [0, 0.05) is 12.6 Å². The van der Waals surface area contributed by atoms with E-state index in [1.807, 2.05) is 5.32 Å². The van der Waals surface area contributed by atoms with Gasteiger partial charge in [0.15, 0.2) is 6.10 Å². The summed E-state index contributed by atoms with van der Waals surface area (Å²) in [7, 11) is 0. The van der Waals surface area contributed by atoms with Crippen molar-refractivity contribution < 1.29 is 23.1 Å². The molecule has 2 N–H and O–H groups in total. The van der Waals surface area contributed by atoms with Crippen LogP contribution in [0.4, 0.5) is 13.2 Å². The number of aromatic nitrogens is 3. The van der Waals surface area contributed by atoms with E-state index in [0.29, 0.717) is 0 Å². The SMILES string of the molecule is O=C(CCn1ccnn1)NCC(O)C(F)(F)F. The van der Waals surface area contributed by atoms with E-state index < -0.39 is 24.7 Å². The molecule has 9 heteroatoms. The van der Waals surface area contributed by atoms with Crippen molar-refractivity contribution in [1.82, 2.24) is 20.3 Å². The fourth-order valence-corrected chi connectivity index (χ4v) is 0.983. The molecule has 1 unspecified atom stereocenters. The molecule has 17 heavy (non-hydrogen) atoms. The molecule has 1 heterocycles. The summed E-state index contributed by atoms with van der Waals surface area (Å²) in [5.74, 6) is -0.594. The number of aryl methyl sites for hydroxylation is 1.